The minimum atomic E-state index is 0.0406. The Balaban J connectivity index is 2.37. The summed E-state index contributed by atoms with van der Waals surface area (Å²) in [5, 5.41) is 2.88. The fourth-order valence-electron chi connectivity index (χ4n) is 2.15. The van der Waals surface area contributed by atoms with Crippen molar-refractivity contribution in [2.24, 2.45) is 0 Å². The van der Waals surface area contributed by atoms with Gasteiger partial charge in [0.05, 0.1) is 13.7 Å². The van der Waals surface area contributed by atoms with Crippen molar-refractivity contribution in [1.29, 1.82) is 0 Å². The first-order valence-corrected chi connectivity index (χ1v) is 7.14. The number of aryl methyl sites for hydroxylation is 1. The average Bonchev–Trinajstić information content (AvgIpc) is 2.43. The van der Waals surface area contributed by atoms with Gasteiger partial charge in [0.1, 0.15) is 5.75 Å². The van der Waals surface area contributed by atoms with Crippen LogP contribution in [0.25, 0.3) is 0 Å². The average molecular weight is 294 g/mol. The molecule has 21 heavy (non-hydrogen) atoms. The molecule has 1 amide bonds. The number of likely N-dealkylation sites (N-methyl/N-ethyl adjacent to an activating group) is 1. The summed E-state index contributed by atoms with van der Waals surface area (Å²) in [5.41, 5.74) is 2.27. The van der Waals surface area contributed by atoms with Crippen LogP contribution in [-0.2, 0) is 16.1 Å². The van der Waals surface area contributed by atoms with Crippen molar-refractivity contribution in [3.8, 4) is 5.75 Å². The normalized spacial score (nSPS) is 10.7. The predicted octanol–water partition coefficient (Wildman–Crippen LogP) is 1.59. The summed E-state index contributed by atoms with van der Waals surface area (Å²) in [6.07, 6.45) is 0.837. The smallest absolute Gasteiger partial charge is 0.234 e. The number of ether oxygens (including phenoxy) is 2. The number of carbonyl (C=O) groups is 1. The zero-order valence-electron chi connectivity index (χ0n) is 13.4. The highest BCUT2D eigenvalue weighted by molar-refractivity contribution is 5.77. The molecule has 1 rings (SSSR count). The fourth-order valence-corrected chi connectivity index (χ4v) is 2.15. The van der Waals surface area contributed by atoms with Gasteiger partial charge in [0.25, 0.3) is 0 Å². The summed E-state index contributed by atoms with van der Waals surface area (Å²) in [5.74, 6) is 0.927. The van der Waals surface area contributed by atoms with Crippen molar-refractivity contribution in [1.82, 2.24) is 10.2 Å². The minimum absolute atomic E-state index is 0.0406. The molecule has 0 saturated carbocycles. The molecule has 118 valence electrons. The Morgan fingerprint density at radius 1 is 1.33 bits per heavy atom. The molecule has 0 unspecified atom stereocenters. The molecule has 1 aromatic rings. The van der Waals surface area contributed by atoms with E-state index in [0.29, 0.717) is 19.7 Å². The van der Waals surface area contributed by atoms with Gasteiger partial charge in [0.15, 0.2) is 0 Å². The summed E-state index contributed by atoms with van der Waals surface area (Å²) in [6, 6.07) is 6.08. The van der Waals surface area contributed by atoms with Gasteiger partial charge in [0, 0.05) is 26.8 Å². The third kappa shape index (κ3) is 6.60. The van der Waals surface area contributed by atoms with Crippen LogP contribution in [0.2, 0.25) is 0 Å². The van der Waals surface area contributed by atoms with E-state index in [1.165, 1.54) is 5.56 Å². The highest BCUT2D eigenvalue weighted by Crippen LogP contribution is 2.19. The first-order chi connectivity index (χ1) is 10.1. The molecule has 0 aromatic heterocycles. The maximum absolute atomic E-state index is 11.8. The molecule has 1 N–H and O–H groups in total. The second-order valence-electron chi connectivity index (χ2n) is 5.17. The summed E-state index contributed by atoms with van der Waals surface area (Å²) < 4.78 is 10.2. The number of hydrogen-bond acceptors (Lipinski definition) is 4. The Labute approximate surface area is 127 Å². The molecule has 0 fully saturated rings. The first-order valence-electron chi connectivity index (χ1n) is 7.14. The van der Waals surface area contributed by atoms with Crippen molar-refractivity contribution in [3.63, 3.8) is 0 Å². The van der Waals surface area contributed by atoms with E-state index in [1.54, 1.807) is 14.2 Å². The summed E-state index contributed by atoms with van der Waals surface area (Å²) in [6.45, 7) is 4.46. The molecule has 0 bridgehead atoms. The monoisotopic (exact) mass is 294 g/mol. The van der Waals surface area contributed by atoms with E-state index in [4.69, 9.17) is 9.47 Å². The van der Waals surface area contributed by atoms with Crippen LogP contribution in [0.15, 0.2) is 18.2 Å². The van der Waals surface area contributed by atoms with Gasteiger partial charge in [-0.3, -0.25) is 9.69 Å². The zero-order chi connectivity index (χ0) is 15.7. The van der Waals surface area contributed by atoms with E-state index in [2.05, 4.69) is 11.4 Å². The molecular weight excluding hydrogens is 268 g/mol. The van der Waals surface area contributed by atoms with Crippen LogP contribution in [0.4, 0.5) is 0 Å². The number of amides is 1. The van der Waals surface area contributed by atoms with E-state index in [0.717, 1.165) is 24.3 Å². The molecule has 5 nitrogen and oxygen atoms in total. The number of carbonyl (C=O) groups excluding carboxylic acids is 1. The molecule has 0 radical (unpaired) electrons. The molecule has 0 spiro atoms. The molecule has 1 aromatic carbocycles. The maximum atomic E-state index is 11.8. The van der Waals surface area contributed by atoms with Gasteiger partial charge in [-0.1, -0.05) is 12.1 Å². The second-order valence-corrected chi connectivity index (χ2v) is 5.17. The SMILES string of the molecule is COCCCNC(=O)CN(C)Cc1ccc(OC)c(C)c1. The summed E-state index contributed by atoms with van der Waals surface area (Å²) in [7, 11) is 5.27. The molecule has 0 aliphatic rings. The Bertz CT molecular complexity index is 449. The van der Waals surface area contributed by atoms with E-state index >= 15 is 0 Å². The first kappa shape index (κ1) is 17.5. The lowest BCUT2D eigenvalue weighted by Gasteiger charge is -2.17. The van der Waals surface area contributed by atoms with Gasteiger partial charge in [0.2, 0.25) is 5.91 Å². The molecule has 0 saturated heterocycles. The maximum Gasteiger partial charge on any atom is 0.234 e. The zero-order valence-corrected chi connectivity index (χ0v) is 13.4. The third-order valence-corrected chi connectivity index (χ3v) is 3.17. The second kappa shape index (κ2) is 9.37. The predicted molar refractivity (Wildman–Crippen MR) is 83.6 cm³/mol. The van der Waals surface area contributed by atoms with Crippen LogP contribution in [0, 0.1) is 6.92 Å². The molecule has 5 heteroatoms. The number of rotatable bonds is 9. The number of methoxy groups -OCH3 is 2. The number of hydrogen-bond donors (Lipinski definition) is 1. The molecular formula is C16H26N2O3. The van der Waals surface area contributed by atoms with Crippen LogP contribution in [0.5, 0.6) is 5.75 Å². The number of nitrogens with zero attached hydrogens (tertiary/aromatic N) is 1. The molecule has 0 aliphatic heterocycles. The number of nitrogens with one attached hydrogen (secondary N) is 1. The highest BCUT2D eigenvalue weighted by Gasteiger charge is 2.08. The lowest BCUT2D eigenvalue weighted by Crippen LogP contribution is -2.35. The van der Waals surface area contributed by atoms with Gasteiger partial charge in [-0.2, -0.15) is 0 Å². The Morgan fingerprint density at radius 2 is 2.10 bits per heavy atom. The van der Waals surface area contributed by atoms with E-state index in [9.17, 15) is 4.79 Å². The van der Waals surface area contributed by atoms with Gasteiger partial charge >= 0.3 is 0 Å². The van der Waals surface area contributed by atoms with Gasteiger partial charge in [-0.25, -0.2) is 0 Å². The van der Waals surface area contributed by atoms with Crippen molar-refractivity contribution in [3.05, 3.63) is 29.3 Å². The third-order valence-electron chi connectivity index (χ3n) is 3.17. The Hall–Kier alpha value is -1.59. The number of benzene rings is 1. The van der Waals surface area contributed by atoms with Crippen molar-refractivity contribution in [2.45, 2.75) is 19.9 Å². The van der Waals surface area contributed by atoms with Gasteiger partial charge in [-0.15, -0.1) is 0 Å². The van der Waals surface area contributed by atoms with Crippen LogP contribution >= 0.6 is 0 Å². The highest BCUT2D eigenvalue weighted by atomic mass is 16.5. The van der Waals surface area contributed by atoms with Gasteiger partial charge in [-0.05, 0) is 37.6 Å². The fraction of sp³-hybridized carbons (Fsp3) is 0.562. The van der Waals surface area contributed by atoms with E-state index in [-0.39, 0.29) is 5.91 Å². The van der Waals surface area contributed by atoms with Crippen LogP contribution < -0.4 is 10.1 Å². The van der Waals surface area contributed by atoms with E-state index < -0.39 is 0 Å². The van der Waals surface area contributed by atoms with Crippen LogP contribution in [-0.4, -0.2) is 51.8 Å². The Morgan fingerprint density at radius 3 is 2.71 bits per heavy atom. The minimum Gasteiger partial charge on any atom is -0.496 e. The largest absolute Gasteiger partial charge is 0.496 e. The van der Waals surface area contributed by atoms with Gasteiger partial charge < -0.3 is 14.8 Å². The topological polar surface area (TPSA) is 50.8 Å². The lowest BCUT2D eigenvalue weighted by molar-refractivity contribution is -0.122. The molecule has 0 atom stereocenters. The van der Waals surface area contributed by atoms with E-state index in [1.807, 2.05) is 31.0 Å². The van der Waals surface area contributed by atoms with Crippen LogP contribution in [0.3, 0.4) is 0 Å². The van der Waals surface area contributed by atoms with Crippen molar-refractivity contribution in [2.75, 3.05) is 41.0 Å². The lowest BCUT2D eigenvalue weighted by atomic mass is 10.1. The summed E-state index contributed by atoms with van der Waals surface area (Å²) >= 11 is 0. The quantitative estimate of drug-likeness (QED) is 0.703. The van der Waals surface area contributed by atoms with Crippen molar-refractivity contribution >= 4 is 5.91 Å². The Kier molecular flexibility index (Phi) is 7.79. The van der Waals surface area contributed by atoms with Crippen LogP contribution in [0.1, 0.15) is 17.5 Å². The summed E-state index contributed by atoms with van der Waals surface area (Å²) in [4.78, 5) is 13.8. The standard InChI is InChI=1S/C16H26N2O3/c1-13-10-14(6-7-15(13)21-4)11-18(2)12-16(19)17-8-5-9-20-3/h6-7,10H,5,8-9,11-12H2,1-4H3,(H,17,19). The molecule has 0 aliphatic carbocycles. The van der Waals surface area contributed by atoms with Crippen molar-refractivity contribution < 1.29 is 14.3 Å². The molecule has 0 heterocycles.